The van der Waals surface area contributed by atoms with Gasteiger partial charge in [0.05, 0.1) is 17.0 Å². The van der Waals surface area contributed by atoms with Gasteiger partial charge in [0.25, 0.3) is 5.91 Å². The third-order valence-electron chi connectivity index (χ3n) is 4.66. The van der Waals surface area contributed by atoms with Crippen molar-refractivity contribution in [2.45, 2.75) is 6.42 Å². The van der Waals surface area contributed by atoms with Gasteiger partial charge in [0.2, 0.25) is 0 Å². The van der Waals surface area contributed by atoms with E-state index in [1.165, 1.54) is 23.8 Å². The van der Waals surface area contributed by atoms with Gasteiger partial charge < -0.3 is 14.2 Å². The van der Waals surface area contributed by atoms with Crippen LogP contribution >= 0.6 is 35.6 Å². The maximum atomic E-state index is 12.6. The number of halogens is 1. The normalized spacial score (nSPS) is 14.5. The smallest absolute Gasteiger partial charge is 0.266 e. The summed E-state index contributed by atoms with van der Waals surface area (Å²) < 4.78 is 17.7. The molecule has 8 heteroatoms. The molecule has 1 aliphatic rings. The Hall–Kier alpha value is -2.74. The topological polar surface area (TPSA) is 48.0 Å². The molecule has 0 unspecified atom stereocenters. The summed E-state index contributed by atoms with van der Waals surface area (Å²) in [6.07, 6.45) is 5.94. The summed E-state index contributed by atoms with van der Waals surface area (Å²) in [4.78, 5) is 14.6. The summed E-state index contributed by atoms with van der Waals surface area (Å²) in [5, 5.41) is 0.370. The number of carbonyl (C=O) groups excluding carboxylic acids is 1. The molecule has 0 aliphatic carbocycles. The van der Waals surface area contributed by atoms with E-state index in [-0.39, 0.29) is 12.5 Å². The van der Waals surface area contributed by atoms with Gasteiger partial charge in [-0.1, -0.05) is 65.9 Å². The zero-order valence-electron chi connectivity index (χ0n) is 18.2. The molecular formula is C25H24ClNO4S2. The molecule has 0 saturated carbocycles. The highest BCUT2D eigenvalue weighted by Crippen LogP contribution is 2.39. The molecule has 0 radical (unpaired) electrons. The Morgan fingerprint density at radius 1 is 1.12 bits per heavy atom. The molecule has 0 atom stereocenters. The monoisotopic (exact) mass is 501 g/mol. The number of thioether (sulfide) groups is 1. The molecule has 1 saturated heterocycles. The quantitative estimate of drug-likeness (QED) is 0.165. The Bertz CT molecular complexity index is 1100. The number of amides is 1. The van der Waals surface area contributed by atoms with Crippen LogP contribution in [-0.4, -0.2) is 42.0 Å². The number of allylic oxidation sites excluding steroid dienone is 1. The lowest BCUT2D eigenvalue weighted by atomic mass is 10.1. The van der Waals surface area contributed by atoms with Crippen LogP contribution in [0.4, 0.5) is 0 Å². The molecule has 2 aromatic carbocycles. The largest absolute Gasteiger partial charge is 0.493 e. The van der Waals surface area contributed by atoms with E-state index in [2.05, 4.69) is 13.2 Å². The summed E-state index contributed by atoms with van der Waals surface area (Å²) in [5.41, 5.74) is 1.77. The van der Waals surface area contributed by atoms with E-state index in [9.17, 15) is 4.79 Å². The Labute approximate surface area is 208 Å². The minimum Gasteiger partial charge on any atom is -0.493 e. The fourth-order valence-corrected chi connectivity index (χ4v) is 4.71. The van der Waals surface area contributed by atoms with Crippen molar-refractivity contribution >= 4 is 51.9 Å². The zero-order valence-corrected chi connectivity index (χ0v) is 20.6. The second kappa shape index (κ2) is 11.9. The highest BCUT2D eigenvalue weighted by molar-refractivity contribution is 8.26. The number of hydrogen-bond acceptors (Lipinski definition) is 6. The number of thiocarbonyl (C=S) groups is 1. The van der Waals surface area contributed by atoms with Crippen molar-refractivity contribution in [2.75, 3.05) is 26.9 Å². The minimum atomic E-state index is -0.158. The van der Waals surface area contributed by atoms with Gasteiger partial charge >= 0.3 is 0 Å². The average molecular weight is 502 g/mol. The van der Waals surface area contributed by atoms with Crippen molar-refractivity contribution in [1.29, 1.82) is 0 Å². The predicted octanol–water partition coefficient (Wildman–Crippen LogP) is 5.92. The summed E-state index contributed by atoms with van der Waals surface area (Å²) in [5.74, 6) is 1.51. The van der Waals surface area contributed by atoms with Gasteiger partial charge in [0.1, 0.15) is 23.3 Å². The molecule has 1 amide bonds. The maximum Gasteiger partial charge on any atom is 0.266 e. The number of nitrogens with zero attached hydrogens (tertiary/aromatic N) is 1. The highest BCUT2D eigenvalue weighted by Gasteiger charge is 2.31. The van der Waals surface area contributed by atoms with E-state index >= 15 is 0 Å². The summed E-state index contributed by atoms with van der Waals surface area (Å²) >= 11 is 13.0. The van der Waals surface area contributed by atoms with Crippen LogP contribution < -0.4 is 14.2 Å². The molecule has 172 valence electrons. The molecule has 0 aromatic heterocycles. The second-order valence-corrected chi connectivity index (χ2v) is 9.00. The third-order valence-corrected chi connectivity index (χ3v) is 6.32. The Balaban J connectivity index is 1.69. The lowest BCUT2D eigenvalue weighted by Crippen LogP contribution is -2.27. The Morgan fingerprint density at radius 3 is 2.61 bits per heavy atom. The van der Waals surface area contributed by atoms with E-state index in [1.54, 1.807) is 24.3 Å². The standard InChI is InChI=1S/C25H24ClNO4S2/c1-4-8-18-9-6-7-10-20(18)30-12-13-31-23-19(26)14-17(15-21(23)29-3)16-22-24(28)27(11-5-2)25(32)33-22/h4-7,9-10,14-16H,1-2,8,11-13H2,3H3/b22-16-. The van der Waals surface area contributed by atoms with Crippen LogP contribution in [0.3, 0.4) is 0 Å². The number of carbonyl (C=O) groups is 1. The van der Waals surface area contributed by atoms with Crippen molar-refractivity contribution < 1.29 is 19.0 Å². The van der Waals surface area contributed by atoms with E-state index in [1.807, 2.05) is 30.3 Å². The van der Waals surface area contributed by atoms with Gasteiger partial charge in [-0.3, -0.25) is 9.69 Å². The van der Waals surface area contributed by atoms with Crippen molar-refractivity contribution in [2.24, 2.45) is 0 Å². The Morgan fingerprint density at radius 2 is 1.88 bits per heavy atom. The first-order chi connectivity index (χ1) is 16.0. The molecule has 0 spiro atoms. The number of methoxy groups -OCH3 is 1. The van der Waals surface area contributed by atoms with Gasteiger partial charge in [-0.25, -0.2) is 0 Å². The van der Waals surface area contributed by atoms with Crippen molar-refractivity contribution in [3.63, 3.8) is 0 Å². The summed E-state index contributed by atoms with van der Waals surface area (Å²) in [7, 11) is 1.54. The average Bonchev–Trinajstić information content (AvgIpc) is 3.06. The van der Waals surface area contributed by atoms with Gasteiger partial charge in [-0.05, 0) is 41.8 Å². The van der Waals surface area contributed by atoms with Crippen LogP contribution in [0.2, 0.25) is 5.02 Å². The predicted molar refractivity (Wildman–Crippen MR) is 139 cm³/mol. The van der Waals surface area contributed by atoms with Gasteiger partial charge in [0, 0.05) is 6.54 Å². The third kappa shape index (κ3) is 6.19. The number of ether oxygens (including phenoxy) is 3. The number of rotatable bonds is 11. The van der Waals surface area contributed by atoms with Crippen molar-refractivity contribution in [1.82, 2.24) is 4.90 Å². The maximum absolute atomic E-state index is 12.6. The first kappa shape index (κ1) is 24.9. The van der Waals surface area contributed by atoms with Gasteiger partial charge in [0.15, 0.2) is 11.5 Å². The highest BCUT2D eigenvalue weighted by atomic mass is 35.5. The van der Waals surface area contributed by atoms with E-state index in [4.69, 9.17) is 38.0 Å². The fraction of sp³-hybridized carbons (Fsp3) is 0.200. The lowest BCUT2D eigenvalue weighted by molar-refractivity contribution is -0.121. The second-order valence-electron chi connectivity index (χ2n) is 6.91. The van der Waals surface area contributed by atoms with E-state index < -0.39 is 0 Å². The number of benzene rings is 2. The van der Waals surface area contributed by atoms with Crippen LogP contribution in [0.5, 0.6) is 17.2 Å². The molecule has 1 aliphatic heterocycles. The molecule has 1 heterocycles. The van der Waals surface area contributed by atoms with Gasteiger partial charge in [-0.2, -0.15) is 0 Å². The molecular weight excluding hydrogens is 478 g/mol. The minimum absolute atomic E-state index is 0.158. The van der Waals surface area contributed by atoms with Gasteiger partial charge in [-0.15, -0.1) is 13.2 Å². The number of hydrogen-bond donors (Lipinski definition) is 0. The molecule has 5 nitrogen and oxygen atoms in total. The number of para-hydroxylation sites is 1. The van der Waals surface area contributed by atoms with Crippen LogP contribution in [0.25, 0.3) is 6.08 Å². The fourth-order valence-electron chi connectivity index (χ4n) is 3.17. The molecule has 0 N–H and O–H groups in total. The molecule has 33 heavy (non-hydrogen) atoms. The van der Waals surface area contributed by atoms with Crippen molar-refractivity contribution in [3.05, 3.63) is 82.8 Å². The SMILES string of the molecule is C=CCc1ccccc1OCCOc1c(Cl)cc(/C=C2\SC(=S)N(CC=C)C2=O)cc1OC. The molecule has 0 bridgehead atoms. The Kier molecular flexibility index (Phi) is 9.00. The van der Waals surface area contributed by atoms with E-state index in [0.29, 0.717) is 44.5 Å². The van der Waals surface area contributed by atoms with Crippen molar-refractivity contribution in [3.8, 4) is 17.2 Å². The van der Waals surface area contributed by atoms with Crippen LogP contribution in [0.15, 0.2) is 66.6 Å². The zero-order chi connectivity index (χ0) is 23.8. The summed E-state index contributed by atoms with van der Waals surface area (Å²) in [6, 6.07) is 11.3. The van der Waals surface area contributed by atoms with E-state index in [0.717, 1.165) is 17.7 Å². The first-order valence-corrected chi connectivity index (χ1v) is 11.8. The van der Waals surface area contributed by atoms with Crippen LogP contribution in [0, 0.1) is 0 Å². The van der Waals surface area contributed by atoms with Crippen LogP contribution in [0.1, 0.15) is 11.1 Å². The molecule has 1 fully saturated rings. The summed E-state index contributed by atoms with van der Waals surface area (Å²) in [6.45, 7) is 8.42. The van der Waals surface area contributed by atoms with Crippen LogP contribution in [-0.2, 0) is 11.2 Å². The molecule has 3 rings (SSSR count). The lowest BCUT2D eigenvalue weighted by Gasteiger charge is -2.15. The molecule has 2 aromatic rings. The first-order valence-electron chi connectivity index (χ1n) is 10.2.